The summed E-state index contributed by atoms with van der Waals surface area (Å²) >= 11 is 1.19. The van der Waals surface area contributed by atoms with Gasteiger partial charge in [0.05, 0.1) is 11.2 Å². The SMILES string of the molecule is O=C(O)c1scnc1CN1Cc2ccccc2C1. The second-order valence-electron chi connectivity index (χ2n) is 4.35. The summed E-state index contributed by atoms with van der Waals surface area (Å²) in [6.45, 7) is 2.33. The molecule has 0 spiro atoms. The van der Waals surface area contributed by atoms with Crippen molar-refractivity contribution in [2.75, 3.05) is 0 Å². The number of aromatic nitrogens is 1. The highest BCUT2D eigenvalue weighted by Crippen LogP contribution is 2.25. The molecule has 0 unspecified atom stereocenters. The van der Waals surface area contributed by atoms with Crippen molar-refractivity contribution in [3.63, 3.8) is 0 Å². The Bertz CT molecular complexity index is 569. The van der Waals surface area contributed by atoms with Crippen LogP contribution in [0.1, 0.15) is 26.5 Å². The summed E-state index contributed by atoms with van der Waals surface area (Å²) in [4.78, 5) is 17.8. The number of carboxylic acid groups (broad SMARTS) is 1. The fourth-order valence-electron chi connectivity index (χ4n) is 2.28. The molecular weight excluding hydrogens is 248 g/mol. The molecule has 0 saturated carbocycles. The lowest BCUT2D eigenvalue weighted by Crippen LogP contribution is -2.17. The minimum Gasteiger partial charge on any atom is -0.477 e. The maximum Gasteiger partial charge on any atom is 0.347 e. The van der Waals surface area contributed by atoms with Crippen molar-refractivity contribution in [3.05, 3.63) is 51.5 Å². The van der Waals surface area contributed by atoms with E-state index in [0.717, 1.165) is 13.1 Å². The number of aromatic carboxylic acids is 1. The Morgan fingerprint density at radius 1 is 1.33 bits per heavy atom. The van der Waals surface area contributed by atoms with Crippen LogP contribution in [0.15, 0.2) is 29.8 Å². The summed E-state index contributed by atoms with van der Waals surface area (Å²) in [5.74, 6) is -0.885. The molecule has 1 aromatic heterocycles. The van der Waals surface area contributed by atoms with Crippen LogP contribution in [0, 0.1) is 0 Å². The smallest absolute Gasteiger partial charge is 0.347 e. The van der Waals surface area contributed by atoms with Crippen LogP contribution in [0.4, 0.5) is 0 Å². The zero-order valence-corrected chi connectivity index (χ0v) is 10.5. The second kappa shape index (κ2) is 4.51. The highest BCUT2D eigenvalue weighted by atomic mass is 32.1. The Balaban J connectivity index is 1.76. The van der Waals surface area contributed by atoms with E-state index in [1.165, 1.54) is 22.5 Å². The van der Waals surface area contributed by atoms with E-state index in [-0.39, 0.29) is 0 Å². The van der Waals surface area contributed by atoms with Gasteiger partial charge < -0.3 is 5.11 Å². The van der Waals surface area contributed by atoms with Gasteiger partial charge >= 0.3 is 5.97 Å². The third-order valence-corrected chi connectivity index (χ3v) is 3.97. The van der Waals surface area contributed by atoms with Gasteiger partial charge in [0.1, 0.15) is 4.88 Å². The summed E-state index contributed by atoms with van der Waals surface area (Å²) in [7, 11) is 0. The molecule has 1 aromatic carbocycles. The van der Waals surface area contributed by atoms with Crippen LogP contribution in [0.5, 0.6) is 0 Å². The maximum atomic E-state index is 11.0. The number of rotatable bonds is 3. The van der Waals surface area contributed by atoms with Crippen molar-refractivity contribution in [2.24, 2.45) is 0 Å². The maximum absolute atomic E-state index is 11.0. The van der Waals surface area contributed by atoms with Crippen molar-refractivity contribution >= 4 is 17.3 Å². The van der Waals surface area contributed by atoms with Crippen molar-refractivity contribution in [1.82, 2.24) is 9.88 Å². The molecule has 0 amide bonds. The highest BCUT2D eigenvalue weighted by Gasteiger charge is 2.21. The van der Waals surface area contributed by atoms with Gasteiger partial charge in [-0.2, -0.15) is 0 Å². The lowest BCUT2D eigenvalue weighted by atomic mass is 10.1. The number of thiazole rings is 1. The largest absolute Gasteiger partial charge is 0.477 e. The van der Waals surface area contributed by atoms with Gasteiger partial charge in [-0.3, -0.25) is 4.90 Å². The number of nitrogens with zero attached hydrogens (tertiary/aromatic N) is 2. The quantitative estimate of drug-likeness (QED) is 0.920. The van der Waals surface area contributed by atoms with Crippen molar-refractivity contribution in [2.45, 2.75) is 19.6 Å². The van der Waals surface area contributed by atoms with E-state index < -0.39 is 5.97 Å². The minimum atomic E-state index is -0.885. The number of carbonyl (C=O) groups is 1. The van der Waals surface area contributed by atoms with Gasteiger partial charge in [-0.1, -0.05) is 24.3 Å². The number of benzene rings is 1. The molecule has 1 aliphatic rings. The fraction of sp³-hybridized carbons (Fsp3) is 0.231. The second-order valence-corrected chi connectivity index (χ2v) is 5.20. The standard InChI is InChI=1S/C13H12N2O2S/c16-13(17)12-11(14-8-18-12)7-15-5-9-3-1-2-4-10(9)6-15/h1-4,8H,5-7H2,(H,16,17). The summed E-state index contributed by atoms with van der Waals surface area (Å²) in [6.07, 6.45) is 0. The average molecular weight is 260 g/mol. The van der Waals surface area contributed by atoms with E-state index >= 15 is 0 Å². The molecule has 18 heavy (non-hydrogen) atoms. The van der Waals surface area contributed by atoms with E-state index in [2.05, 4.69) is 22.0 Å². The monoisotopic (exact) mass is 260 g/mol. The van der Waals surface area contributed by atoms with E-state index in [9.17, 15) is 4.79 Å². The Hall–Kier alpha value is -1.72. The first-order valence-electron chi connectivity index (χ1n) is 5.69. The molecule has 0 aliphatic carbocycles. The molecule has 0 saturated heterocycles. The molecule has 2 aromatic rings. The number of hydrogen-bond donors (Lipinski definition) is 1. The van der Waals surface area contributed by atoms with E-state index in [1.807, 2.05) is 12.1 Å². The average Bonchev–Trinajstić information content (AvgIpc) is 2.94. The molecule has 1 aliphatic heterocycles. The van der Waals surface area contributed by atoms with Crippen LogP contribution in [-0.4, -0.2) is 21.0 Å². The number of carboxylic acids is 1. The Morgan fingerprint density at radius 3 is 2.61 bits per heavy atom. The van der Waals surface area contributed by atoms with Gasteiger partial charge in [0.2, 0.25) is 0 Å². The zero-order chi connectivity index (χ0) is 12.5. The van der Waals surface area contributed by atoms with E-state index in [1.54, 1.807) is 5.51 Å². The van der Waals surface area contributed by atoms with Gasteiger partial charge in [0.15, 0.2) is 0 Å². The predicted molar refractivity (Wildman–Crippen MR) is 68.5 cm³/mol. The van der Waals surface area contributed by atoms with Crippen LogP contribution < -0.4 is 0 Å². The Morgan fingerprint density at radius 2 is 2.00 bits per heavy atom. The molecule has 1 N–H and O–H groups in total. The Labute approximate surface area is 109 Å². The van der Waals surface area contributed by atoms with Crippen molar-refractivity contribution < 1.29 is 9.90 Å². The lowest BCUT2D eigenvalue weighted by Gasteiger charge is -2.13. The molecule has 0 atom stereocenters. The zero-order valence-electron chi connectivity index (χ0n) is 9.67. The topological polar surface area (TPSA) is 53.4 Å². The molecule has 0 radical (unpaired) electrons. The first kappa shape index (κ1) is 11.4. The van der Waals surface area contributed by atoms with Crippen LogP contribution in [0.2, 0.25) is 0 Å². The number of hydrogen-bond acceptors (Lipinski definition) is 4. The third kappa shape index (κ3) is 2.02. The summed E-state index contributed by atoms with van der Waals surface area (Å²) in [6, 6.07) is 8.31. The van der Waals surface area contributed by atoms with Crippen LogP contribution in [0.3, 0.4) is 0 Å². The van der Waals surface area contributed by atoms with Crippen LogP contribution in [0.25, 0.3) is 0 Å². The molecule has 4 nitrogen and oxygen atoms in total. The van der Waals surface area contributed by atoms with Crippen molar-refractivity contribution in [1.29, 1.82) is 0 Å². The van der Waals surface area contributed by atoms with Crippen LogP contribution in [-0.2, 0) is 19.6 Å². The lowest BCUT2D eigenvalue weighted by molar-refractivity contribution is 0.0699. The van der Waals surface area contributed by atoms with Crippen molar-refractivity contribution in [3.8, 4) is 0 Å². The fourth-order valence-corrected chi connectivity index (χ4v) is 2.92. The summed E-state index contributed by atoms with van der Waals surface area (Å²) < 4.78 is 0. The molecule has 3 rings (SSSR count). The van der Waals surface area contributed by atoms with Crippen LogP contribution >= 0.6 is 11.3 Å². The molecular formula is C13H12N2O2S. The van der Waals surface area contributed by atoms with E-state index in [4.69, 9.17) is 5.11 Å². The molecule has 92 valence electrons. The first-order chi connectivity index (χ1) is 8.74. The number of fused-ring (bicyclic) bond motifs is 1. The highest BCUT2D eigenvalue weighted by molar-refractivity contribution is 7.11. The predicted octanol–water partition coefficient (Wildman–Crippen LogP) is 2.36. The van der Waals surface area contributed by atoms with E-state index in [0.29, 0.717) is 17.1 Å². The van der Waals surface area contributed by atoms with Gasteiger partial charge in [-0.15, -0.1) is 11.3 Å². The van der Waals surface area contributed by atoms with Gasteiger partial charge in [-0.05, 0) is 11.1 Å². The molecule has 2 heterocycles. The van der Waals surface area contributed by atoms with Gasteiger partial charge in [0.25, 0.3) is 0 Å². The normalized spacial score (nSPS) is 14.7. The molecule has 0 bridgehead atoms. The molecule has 0 fully saturated rings. The molecule has 5 heteroatoms. The first-order valence-corrected chi connectivity index (χ1v) is 6.57. The summed E-state index contributed by atoms with van der Waals surface area (Å²) in [5, 5.41) is 9.05. The minimum absolute atomic E-state index is 0.353. The third-order valence-electron chi connectivity index (χ3n) is 3.12. The van der Waals surface area contributed by atoms with Gasteiger partial charge in [0, 0.05) is 19.6 Å². The van der Waals surface area contributed by atoms with Gasteiger partial charge in [-0.25, -0.2) is 9.78 Å². The Kier molecular flexibility index (Phi) is 2.85. The summed E-state index contributed by atoms with van der Waals surface area (Å²) in [5.41, 5.74) is 4.91.